The van der Waals surface area contributed by atoms with Crippen LogP contribution in [-0.2, 0) is 6.42 Å². The van der Waals surface area contributed by atoms with E-state index in [1.807, 2.05) is 30.3 Å². The zero-order valence-corrected chi connectivity index (χ0v) is 11.4. The third-order valence-corrected chi connectivity index (χ3v) is 3.46. The Labute approximate surface area is 112 Å². The topological polar surface area (TPSA) is 13.1 Å². The van der Waals surface area contributed by atoms with Gasteiger partial charge in [-0.1, -0.05) is 39.7 Å². The quantitative estimate of drug-likeness (QED) is 0.703. The molecule has 0 saturated heterocycles. The van der Waals surface area contributed by atoms with Gasteiger partial charge in [0.15, 0.2) is 5.22 Å². The first-order valence-electron chi connectivity index (χ1n) is 4.79. The Bertz CT molecular complexity index is 464. The zero-order chi connectivity index (χ0) is 11.5. The van der Waals surface area contributed by atoms with Crippen LogP contribution in [0.4, 0.5) is 0 Å². The summed E-state index contributed by atoms with van der Waals surface area (Å²) in [6.07, 6.45) is 0.834. The SMILES string of the molecule is Clc1ccc(CC(Br)c2ccc(Cl)o2)cc1. The second kappa shape index (κ2) is 5.26. The fraction of sp³-hybridized carbons (Fsp3) is 0.167. The molecule has 0 aliphatic carbocycles. The third kappa shape index (κ3) is 3.03. The summed E-state index contributed by atoms with van der Waals surface area (Å²) in [7, 11) is 0. The lowest BCUT2D eigenvalue weighted by Gasteiger charge is -2.06. The summed E-state index contributed by atoms with van der Waals surface area (Å²) in [5.41, 5.74) is 1.19. The molecule has 1 unspecified atom stereocenters. The number of benzene rings is 1. The van der Waals surface area contributed by atoms with Crippen LogP contribution in [0.3, 0.4) is 0 Å². The normalized spacial score (nSPS) is 12.7. The molecule has 4 heteroatoms. The minimum Gasteiger partial charge on any atom is -0.449 e. The van der Waals surface area contributed by atoms with Crippen LogP contribution >= 0.6 is 39.1 Å². The Kier molecular flexibility index (Phi) is 3.95. The van der Waals surface area contributed by atoms with Crippen LogP contribution < -0.4 is 0 Å². The lowest BCUT2D eigenvalue weighted by atomic mass is 10.1. The summed E-state index contributed by atoms with van der Waals surface area (Å²) >= 11 is 15.1. The van der Waals surface area contributed by atoms with Gasteiger partial charge >= 0.3 is 0 Å². The molecule has 0 spiro atoms. The summed E-state index contributed by atoms with van der Waals surface area (Å²) in [4.78, 5) is 0.126. The standard InChI is InChI=1S/C12H9BrCl2O/c13-10(11-5-6-12(15)16-11)7-8-1-3-9(14)4-2-8/h1-6,10H,7H2. The molecule has 0 aliphatic rings. The van der Waals surface area contributed by atoms with Gasteiger partial charge in [-0.15, -0.1) is 0 Å². The molecule has 0 radical (unpaired) electrons. The summed E-state index contributed by atoms with van der Waals surface area (Å²) < 4.78 is 5.33. The van der Waals surface area contributed by atoms with Crippen LogP contribution in [0, 0.1) is 0 Å². The van der Waals surface area contributed by atoms with Gasteiger partial charge in [0.05, 0.1) is 4.83 Å². The lowest BCUT2D eigenvalue weighted by molar-refractivity contribution is 0.509. The molecule has 1 aromatic heterocycles. The molecule has 1 atom stereocenters. The molecular formula is C12H9BrCl2O. The Morgan fingerprint density at radius 3 is 2.31 bits per heavy atom. The first kappa shape index (κ1) is 12.0. The van der Waals surface area contributed by atoms with Crippen molar-refractivity contribution in [3.05, 3.63) is 58.0 Å². The van der Waals surface area contributed by atoms with Gasteiger partial charge in [0.1, 0.15) is 5.76 Å². The van der Waals surface area contributed by atoms with Crippen molar-refractivity contribution in [2.75, 3.05) is 0 Å². The predicted molar refractivity (Wildman–Crippen MR) is 70.5 cm³/mol. The van der Waals surface area contributed by atoms with Crippen molar-refractivity contribution in [3.8, 4) is 0 Å². The molecule has 0 fully saturated rings. The fourth-order valence-electron chi connectivity index (χ4n) is 1.42. The summed E-state index contributed by atoms with van der Waals surface area (Å²) in [5, 5.41) is 1.16. The monoisotopic (exact) mass is 318 g/mol. The largest absolute Gasteiger partial charge is 0.449 e. The second-order valence-electron chi connectivity index (χ2n) is 3.44. The highest BCUT2D eigenvalue weighted by atomic mass is 79.9. The highest BCUT2D eigenvalue weighted by Crippen LogP contribution is 2.30. The maximum absolute atomic E-state index is 5.82. The molecule has 0 amide bonds. The summed E-state index contributed by atoms with van der Waals surface area (Å²) in [5.74, 6) is 0.833. The first-order valence-corrected chi connectivity index (χ1v) is 6.46. The van der Waals surface area contributed by atoms with Gasteiger partial charge in [-0.3, -0.25) is 0 Å². The second-order valence-corrected chi connectivity index (χ2v) is 5.35. The number of hydrogen-bond donors (Lipinski definition) is 0. The van der Waals surface area contributed by atoms with E-state index >= 15 is 0 Å². The van der Waals surface area contributed by atoms with Crippen molar-refractivity contribution in [2.45, 2.75) is 11.2 Å². The lowest BCUT2D eigenvalue weighted by Crippen LogP contribution is -1.93. The summed E-state index contributed by atoms with van der Waals surface area (Å²) in [6.45, 7) is 0. The van der Waals surface area contributed by atoms with Gasteiger partial charge in [0.25, 0.3) is 0 Å². The van der Waals surface area contributed by atoms with Crippen molar-refractivity contribution in [2.24, 2.45) is 0 Å². The van der Waals surface area contributed by atoms with E-state index in [4.69, 9.17) is 27.6 Å². The van der Waals surface area contributed by atoms with Gasteiger partial charge in [0.2, 0.25) is 0 Å². The highest BCUT2D eigenvalue weighted by Gasteiger charge is 2.12. The smallest absolute Gasteiger partial charge is 0.193 e. The number of halogens is 3. The predicted octanol–water partition coefficient (Wildman–Crippen LogP) is 5.27. The van der Waals surface area contributed by atoms with E-state index in [0.717, 1.165) is 17.2 Å². The van der Waals surface area contributed by atoms with E-state index in [0.29, 0.717) is 5.22 Å². The number of rotatable bonds is 3. The van der Waals surface area contributed by atoms with Gasteiger partial charge in [-0.05, 0) is 47.9 Å². The van der Waals surface area contributed by atoms with Gasteiger partial charge in [0, 0.05) is 5.02 Å². The van der Waals surface area contributed by atoms with E-state index in [2.05, 4.69) is 15.9 Å². The van der Waals surface area contributed by atoms with Crippen molar-refractivity contribution in [1.82, 2.24) is 0 Å². The zero-order valence-electron chi connectivity index (χ0n) is 8.29. The van der Waals surface area contributed by atoms with E-state index in [-0.39, 0.29) is 4.83 Å². The molecular weight excluding hydrogens is 311 g/mol. The van der Waals surface area contributed by atoms with Gasteiger partial charge < -0.3 is 4.42 Å². The minimum absolute atomic E-state index is 0.126. The van der Waals surface area contributed by atoms with E-state index in [1.165, 1.54) is 5.56 Å². The van der Waals surface area contributed by atoms with E-state index in [9.17, 15) is 0 Å². The van der Waals surface area contributed by atoms with Crippen molar-refractivity contribution in [3.63, 3.8) is 0 Å². The van der Waals surface area contributed by atoms with Crippen LogP contribution in [0.2, 0.25) is 10.2 Å². The molecule has 1 aromatic carbocycles. The Hall–Kier alpha value is -0.440. The summed E-state index contributed by atoms with van der Waals surface area (Å²) in [6, 6.07) is 11.4. The Morgan fingerprint density at radius 2 is 1.75 bits per heavy atom. The van der Waals surface area contributed by atoms with Crippen molar-refractivity contribution < 1.29 is 4.42 Å². The highest BCUT2D eigenvalue weighted by molar-refractivity contribution is 9.09. The molecule has 16 heavy (non-hydrogen) atoms. The van der Waals surface area contributed by atoms with Gasteiger partial charge in [-0.2, -0.15) is 0 Å². The number of furan rings is 1. The average Bonchev–Trinajstić information content (AvgIpc) is 2.68. The molecule has 2 rings (SSSR count). The van der Waals surface area contributed by atoms with Crippen LogP contribution in [0.1, 0.15) is 16.2 Å². The molecule has 1 nitrogen and oxygen atoms in total. The van der Waals surface area contributed by atoms with Crippen molar-refractivity contribution in [1.29, 1.82) is 0 Å². The third-order valence-electron chi connectivity index (χ3n) is 2.23. The Balaban J connectivity index is 2.07. The molecule has 1 heterocycles. The molecule has 2 aromatic rings. The van der Waals surface area contributed by atoms with Crippen LogP contribution in [-0.4, -0.2) is 0 Å². The van der Waals surface area contributed by atoms with Crippen LogP contribution in [0.5, 0.6) is 0 Å². The van der Waals surface area contributed by atoms with E-state index < -0.39 is 0 Å². The number of alkyl halides is 1. The molecule has 0 saturated carbocycles. The molecule has 0 bridgehead atoms. The average molecular weight is 320 g/mol. The molecule has 84 valence electrons. The minimum atomic E-state index is 0.126. The molecule has 0 N–H and O–H groups in total. The Morgan fingerprint density at radius 1 is 1.06 bits per heavy atom. The maximum atomic E-state index is 5.82. The van der Waals surface area contributed by atoms with Crippen LogP contribution in [0.15, 0.2) is 40.8 Å². The first-order chi connectivity index (χ1) is 7.65. The van der Waals surface area contributed by atoms with Crippen LogP contribution in [0.25, 0.3) is 0 Å². The van der Waals surface area contributed by atoms with Gasteiger partial charge in [-0.25, -0.2) is 0 Å². The fourth-order valence-corrected chi connectivity index (χ4v) is 2.32. The van der Waals surface area contributed by atoms with Crippen molar-refractivity contribution >= 4 is 39.1 Å². The maximum Gasteiger partial charge on any atom is 0.193 e. The van der Waals surface area contributed by atoms with E-state index in [1.54, 1.807) is 6.07 Å². The molecule has 0 aliphatic heterocycles. The number of hydrogen-bond acceptors (Lipinski definition) is 1.